The van der Waals surface area contributed by atoms with E-state index in [1.165, 1.54) is 0 Å². The molecule has 4 rings (SSSR count). The van der Waals surface area contributed by atoms with Gasteiger partial charge in [0.05, 0.1) is 25.3 Å². The van der Waals surface area contributed by atoms with Crippen LogP contribution in [0.3, 0.4) is 0 Å². The van der Waals surface area contributed by atoms with Crippen LogP contribution in [0.4, 0.5) is 11.6 Å². The number of azo groups is 1. The van der Waals surface area contributed by atoms with Gasteiger partial charge in [-0.1, -0.05) is 53.6 Å². The van der Waals surface area contributed by atoms with Crippen LogP contribution < -0.4 is 4.57 Å². The third-order valence-electron chi connectivity index (χ3n) is 4.37. The summed E-state index contributed by atoms with van der Waals surface area (Å²) in [6.07, 6.45) is 1.72. The molecule has 124 valence electrons. The molecule has 2 heterocycles. The Hall–Kier alpha value is -3.28. The van der Waals surface area contributed by atoms with Gasteiger partial charge in [0.1, 0.15) is 5.69 Å². The fraction of sp³-hybridized carbons (Fsp3) is 0.158. The normalized spacial score (nSPS) is 11.6. The number of aromatic nitrogens is 4. The number of fused-ring (bicyclic) bond motifs is 1. The Morgan fingerprint density at radius 1 is 0.920 bits per heavy atom. The predicted octanol–water partition coefficient (Wildman–Crippen LogP) is 3.82. The van der Waals surface area contributed by atoms with Crippen molar-refractivity contribution < 1.29 is 4.57 Å². The van der Waals surface area contributed by atoms with Gasteiger partial charge in [-0.2, -0.15) is 0 Å². The summed E-state index contributed by atoms with van der Waals surface area (Å²) >= 11 is 0. The molecular weight excluding hydrogens is 312 g/mol. The first-order chi connectivity index (χ1) is 12.2. The van der Waals surface area contributed by atoms with E-state index in [4.69, 9.17) is 0 Å². The van der Waals surface area contributed by atoms with E-state index in [2.05, 4.69) is 51.2 Å². The van der Waals surface area contributed by atoms with Crippen LogP contribution in [0.15, 0.2) is 71.2 Å². The Balaban J connectivity index is 1.96. The van der Waals surface area contributed by atoms with Gasteiger partial charge in [0.15, 0.2) is 0 Å². The van der Waals surface area contributed by atoms with E-state index in [1.54, 1.807) is 11.0 Å². The topological polar surface area (TPSA) is 51.4 Å². The van der Waals surface area contributed by atoms with Gasteiger partial charge in [-0.3, -0.25) is 0 Å². The predicted molar refractivity (Wildman–Crippen MR) is 96.9 cm³/mol. The number of para-hydroxylation sites is 1. The highest BCUT2D eigenvalue weighted by atomic mass is 15.4. The van der Waals surface area contributed by atoms with Crippen molar-refractivity contribution in [2.45, 2.75) is 0 Å². The fourth-order valence-electron chi connectivity index (χ4n) is 3.12. The van der Waals surface area contributed by atoms with Gasteiger partial charge in [0, 0.05) is 23.1 Å². The molecule has 25 heavy (non-hydrogen) atoms. The molecule has 0 N–H and O–H groups in total. The summed E-state index contributed by atoms with van der Waals surface area (Å²) in [5, 5.41) is 14.4. The quantitative estimate of drug-likeness (QED) is 0.416. The van der Waals surface area contributed by atoms with Crippen molar-refractivity contribution in [2.24, 2.45) is 31.4 Å². The number of benzene rings is 2. The van der Waals surface area contributed by atoms with E-state index < -0.39 is 0 Å². The summed E-state index contributed by atoms with van der Waals surface area (Å²) in [7, 11) is 5.83. The van der Waals surface area contributed by atoms with Crippen LogP contribution in [-0.2, 0) is 21.1 Å². The smallest absolute Gasteiger partial charge is 0.342 e. The molecule has 0 amide bonds. The van der Waals surface area contributed by atoms with Gasteiger partial charge in [0.2, 0.25) is 6.33 Å². The summed E-state index contributed by atoms with van der Waals surface area (Å²) in [5.41, 5.74) is 4.16. The Morgan fingerprint density at radius 2 is 1.64 bits per heavy atom. The molecule has 0 radical (unpaired) electrons. The van der Waals surface area contributed by atoms with Crippen LogP contribution in [0.5, 0.6) is 0 Å². The molecule has 4 aromatic rings. The lowest BCUT2D eigenvalue weighted by Crippen LogP contribution is -2.25. The van der Waals surface area contributed by atoms with Gasteiger partial charge in [0.25, 0.3) is 0 Å². The molecule has 0 aliphatic carbocycles. The maximum absolute atomic E-state index is 4.62. The van der Waals surface area contributed by atoms with Crippen LogP contribution in [0.2, 0.25) is 0 Å². The summed E-state index contributed by atoms with van der Waals surface area (Å²) in [4.78, 5) is 0. The van der Waals surface area contributed by atoms with Gasteiger partial charge in [-0.25, -0.2) is 4.57 Å². The number of hydrogen-bond donors (Lipinski definition) is 0. The molecule has 0 unspecified atom stereocenters. The fourth-order valence-corrected chi connectivity index (χ4v) is 3.12. The molecule has 0 fully saturated rings. The molecule has 0 saturated heterocycles. The first-order valence-electron chi connectivity index (χ1n) is 8.09. The highest BCUT2D eigenvalue weighted by molar-refractivity contribution is 6.00. The molecule has 0 aliphatic heterocycles. The lowest BCUT2D eigenvalue weighted by molar-refractivity contribution is -0.659. The molecule has 2 aromatic carbocycles. The van der Waals surface area contributed by atoms with Crippen LogP contribution in [-0.4, -0.2) is 14.3 Å². The minimum atomic E-state index is 0.687. The average Bonchev–Trinajstić information content (AvgIpc) is 3.11. The number of rotatable bonds is 3. The van der Waals surface area contributed by atoms with Crippen molar-refractivity contribution in [2.75, 3.05) is 0 Å². The minimum absolute atomic E-state index is 0.687. The first kappa shape index (κ1) is 15.3. The van der Waals surface area contributed by atoms with Crippen LogP contribution in [0, 0.1) is 0 Å². The zero-order valence-corrected chi connectivity index (χ0v) is 14.5. The Morgan fingerprint density at radius 3 is 2.36 bits per heavy atom. The van der Waals surface area contributed by atoms with Gasteiger partial charge >= 0.3 is 5.95 Å². The van der Waals surface area contributed by atoms with Crippen LogP contribution >= 0.6 is 0 Å². The second kappa shape index (κ2) is 5.98. The highest BCUT2D eigenvalue weighted by Gasteiger charge is 2.18. The minimum Gasteiger partial charge on any atom is -0.342 e. The largest absolute Gasteiger partial charge is 0.403 e. The monoisotopic (exact) mass is 331 g/mol. The Bertz CT molecular complexity index is 1050. The highest BCUT2D eigenvalue weighted by Crippen LogP contribution is 2.39. The van der Waals surface area contributed by atoms with Crippen molar-refractivity contribution in [1.29, 1.82) is 0 Å². The zero-order chi connectivity index (χ0) is 17.4. The summed E-state index contributed by atoms with van der Waals surface area (Å²) < 4.78 is 5.72. The second-order valence-corrected chi connectivity index (χ2v) is 6.00. The first-order valence-corrected chi connectivity index (χ1v) is 8.09. The third-order valence-corrected chi connectivity index (χ3v) is 4.37. The van der Waals surface area contributed by atoms with Gasteiger partial charge in [-0.15, -0.1) is 4.68 Å². The molecule has 0 spiro atoms. The molecule has 0 aliphatic rings. The summed E-state index contributed by atoms with van der Waals surface area (Å²) in [6.45, 7) is 0. The lowest BCUT2D eigenvalue weighted by Gasteiger charge is -2.04. The maximum Gasteiger partial charge on any atom is 0.403 e. The molecular formula is C19H19N6+. The SMILES string of the molecule is Cn1nc[n+](C)c1N=Nc1c(-c2ccccc2)n(C)c2ccccc12. The standard InChI is InChI=1S/C19H19N6/c1-23-13-20-25(3)19(23)22-21-17-15-11-7-8-12-16(15)24(2)18(17)14-9-5-4-6-10-14/h4-13H,1-3H3/q+1. The Labute approximate surface area is 145 Å². The number of hydrogen-bond acceptors (Lipinski definition) is 3. The zero-order valence-electron chi connectivity index (χ0n) is 14.5. The van der Waals surface area contributed by atoms with E-state index in [1.807, 2.05) is 49.0 Å². The van der Waals surface area contributed by atoms with Crippen molar-refractivity contribution in [3.05, 3.63) is 60.9 Å². The molecule has 0 bridgehead atoms. The van der Waals surface area contributed by atoms with E-state index in [9.17, 15) is 0 Å². The Kier molecular flexibility index (Phi) is 3.65. The molecule has 0 saturated carbocycles. The number of aryl methyl sites for hydroxylation is 3. The maximum atomic E-state index is 4.62. The lowest BCUT2D eigenvalue weighted by atomic mass is 10.1. The van der Waals surface area contributed by atoms with E-state index in [-0.39, 0.29) is 0 Å². The van der Waals surface area contributed by atoms with Crippen molar-refractivity contribution >= 4 is 22.5 Å². The molecule has 6 nitrogen and oxygen atoms in total. The van der Waals surface area contributed by atoms with Crippen molar-refractivity contribution in [1.82, 2.24) is 14.3 Å². The van der Waals surface area contributed by atoms with Gasteiger partial charge in [-0.05, 0) is 11.2 Å². The third kappa shape index (κ3) is 2.52. The van der Waals surface area contributed by atoms with Crippen LogP contribution in [0.1, 0.15) is 0 Å². The summed E-state index contributed by atoms with van der Waals surface area (Å²) in [5.74, 6) is 0.687. The molecule has 6 heteroatoms. The van der Waals surface area contributed by atoms with Crippen LogP contribution in [0.25, 0.3) is 22.2 Å². The van der Waals surface area contributed by atoms with Crippen molar-refractivity contribution in [3.63, 3.8) is 0 Å². The number of nitrogens with zero attached hydrogens (tertiary/aromatic N) is 6. The average molecular weight is 331 g/mol. The van der Waals surface area contributed by atoms with Gasteiger partial charge < -0.3 is 4.57 Å². The van der Waals surface area contributed by atoms with E-state index >= 15 is 0 Å². The summed E-state index contributed by atoms with van der Waals surface area (Å²) in [6, 6.07) is 18.5. The second-order valence-electron chi connectivity index (χ2n) is 6.00. The molecule has 0 atom stereocenters. The van der Waals surface area contributed by atoms with Crippen molar-refractivity contribution in [3.8, 4) is 11.3 Å². The van der Waals surface area contributed by atoms with E-state index in [0.717, 1.165) is 27.8 Å². The molecule has 2 aromatic heterocycles. The van der Waals surface area contributed by atoms with E-state index in [0.29, 0.717) is 5.95 Å².